The predicted molar refractivity (Wildman–Crippen MR) is 74.9 cm³/mol. The molecular formula is C14H19F2NO2S. The molecule has 0 spiro atoms. The normalized spacial score (nSPS) is 20.4. The summed E-state index contributed by atoms with van der Waals surface area (Å²) < 4.78 is 47.7. The van der Waals surface area contributed by atoms with Crippen LogP contribution >= 0.6 is 0 Å². The molecule has 1 heterocycles. The molecule has 2 rings (SSSR count). The molecule has 0 bridgehead atoms. The number of hydrogen-bond donors (Lipinski definition) is 0. The van der Waals surface area contributed by atoms with Gasteiger partial charge in [0, 0.05) is 18.3 Å². The van der Waals surface area contributed by atoms with Crippen LogP contribution in [-0.2, 0) is 9.84 Å². The van der Waals surface area contributed by atoms with Crippen molar-refractivity contribution in [3.05, 3.63) is 24.3 Å². The molecule has 112 valence electrons. The molecule has 1 aromatic carbocycles. The minimum Gasteiger partial charge on any atom is -0.369 e. The van der Waals surface area contributed by atoms with Crippen molar-refractivity contribution in [2.45, 2.75) is 49.3 Å². The highest BCUT2D eigenvalue weighted by molar-refractivity contribution is 7.91. The smallest absolute Gasteiger partial charge is 0.341 e. The quantitative estimate of drug-likeness (QED) is 0.855. The van der Waals surface area contributed by atoms with Gasteiger partial charge in [0.15, 0.2) is 0 Å². The minimum atomic E-state index is -4.50. The van der Waals surface area contributed by atoms with E-state index in [4.69, 9.17) is 0 Å². The Morgan fingerprint density at radius 2 is 1.90 bits per heavy atom. The molecule has 0 aliphatic carbocycles. The van der Waals surface area contributed by atoms with E-state index in [1.54, 1.807) is 12.1 Å². The van der Waals surface area contributed by atoms with Gasteiger partial charge in [-0.2, -0.15) is 8.78 Å². The zero-order chi connectivity index (χ0) is 14.8. The number of anilines is 1. The number of nitrogens with zero attached hydrogens (tertiary/aromatic N) is 1. The maximum atomic E-state index is 12.5. The maximum absolute atomic E-state index is 12.5. The summed E-state index contributed by atoms with van der Waals surface area (Å²) in [4.78, 5) is 1.92. The largest absolute Gasteiger partial charge is 0.369 e. The Balaban J connectivity index is 2.24. The van der Waals surface area contributed by atoms with E-state index in [0.717, 1.165) is 31.5 Å². The summed E-state index contributed by atoms with van der Waals surface area (Å²) in [5.41, 5.74) is 0.907. The van der Waals surface area contributed by atoms with Crippen molar-refractivity contribution in [2.75, 3.05) is 11.4 Å². The van der Waals surface area contributed by atoms with E-state index in [2.05, 4.69) is 11.8 Å². The first-order valence-corrected chi connectivity index (χ1v) is 8.40. The summed E-state index contributed by atoms with van der Waals surface area (Å²) in [7, 11) is -4.50. The number of rotatable bonds is 4. The van der Waals surface area contributed by atoms with Crippen LogP contribution in [0.15, 0.2) is 29.2 Å². The molecule has 6 heteroatoms. The van der Waals surface area contributed by atoms with E-state index in [-0.39, 0.29) is 4.90 Å². The van der Waals surface area contributed by atoms with Gasteiger partial charge in [-0.25, -0.2) is 8.42 Å². The van der Waals surface area contributed by atoms with Crippen LogP contribution in [0.1, 0.15) is 32.6 Å². The van der Waals surface area contributed by atoms with Gasteiger partial charge in [-0.05, 0) is 49.9 Å². The molecule has 1 saturated heterocycles. The lowest BCUT2D eigenvalue weighted by Crippen LogP contribution is -2.39. The Bertz CT molecular complexity index is 543. The van der Waals surface area contributed by atoms with Crippen LogP contribution in [0.4, 0.5) is 14.5 Å². The van der Waals surface area contributed by atoms with Crippen molar-refractivity contribution in [1.82, 2.24) is 0 Å². The zero-order valence-electron chi connectivity index (χ0n) is 11.4. The van der Waals surface area contributed by atoms with Crippen LogP contribution in [0.5, 0.6) is 0 Å². The second-order valence-corrected chi connectivity index (χ2v) is 6.97. The van der Waals surface area contributed by atoms with Crippen molar-refractivity contribution in [2.24, 2.45) is 0 Å². The summed E-state index contributed by atoms with van der Waals surface area (Å²) in [5.74, 6) is -3.37. The fourth-order valence-corrected chi connectivity index (χ4v) is 3.42. The predicted octanol–water partition coefficient (Wildman–Crippen LogP) is 3.45. The molecule has 0 radical (unpaired) electrons. The molecule has 0 amide bonds. The maximum Gasteiger partial charge on any atom is 0.341 e. The second-order valence-electron chi connectivity index (χ2n) is 5.05. The SMILES string of the molecule is CCC1CCCCN1c1ccc(S(=O)(=O)C(F)F)cc1. The lowest BCUT2D eigenvalue weighted by molar-refractivity contribution is 0.234. The van der Waals surface area contributed by atoms with Crippen molar-refractivity contribution in [3.63, 3.8) is 0 Å². The van der Waals surface area contributed by atoms with E-state index in [1.165, 1.54) is 18.6 Å². The molecule has 1 aromatic rings. The van der Waals surface area contributed by atoms with Crippen molar-refractivity contribution >= 4 is 15.5 Å². The van der Waals surface area contributed by atoms with Gasteiger partial charge in [-0.1, -0.05) is 6.92 Å². The molecule has 20 heavy (non-hydrogen) atoms. The molecule has 1 fully saturated rings. The van der Waals surface area contributed by atoms with Gasteiger partial charge >= 0.3 is 5.76 Å². The average molecular weight is 303 g/mol. The number of sulfone groups is 1. The van der Waals surface area contributed by atoms with Crippen LogP contribution in [0.3, 0.4) is 0 Å². The third-order valence-corrected chi connectivity index (χ3v) is 5.23. The monoisotopic (exact) mass is 303 g/mol. The van der Waals surface area contributed by atoms with Gasteiger partial charge in [0.2, 0.25) is 9.84 Å². The zero-order valence-corrected chi connectivity index (χ0v) is 12.2. The molecule has 1 aliphatic rings. The topological polar surface area (TPSA) is 37.4 Å². The van der Waals surface area contributed by atoms with E-state index in [1.807, 2.05) is 0 Å². The van der Waals surface area contributed by atoms with Crippen LogP contribution in [0, 0.1) is 0 Å². The first-order chi connectivity index (χ1) is 9.46. The molecule has 0 N–H and O–H groups in total. The highest BCUT2D eigenvalue weighted by atomic mass is 32.2. The fourth-order valence-electron chi connectivity index (χ4n) is 2.70. The highest BCUT2D eigenvalue weighted by Crippen LogP contribution is 2.28. The Morgan fingerprint density at radius 1 is 1.25 bits per heavy atom. The summed E-state index contributed by atoms with van der Waals surface area (Å²) in [6.07, 6.45) is 4.45. The van der Waals surface area contributed by atoms with Gasteiger partial charge in [0.1, 0.15) is 0 Å². The Morgan fingerprint density at radius 3 is 2.45 bits per heavy atom. The first-order valence-electron chi connectivity index (χ1n) is 6.85. The van der Waals surface area contributed by atoms with Crippen molar-refractivity contribution in [3.8, 4) is 0 Å². The first kappa shape index (κ1) is 15.2. The molecule has 0 saturated carbocycles. The van der Waals surface area contributed by atoms with Gasteiger partial charge in [-0.3, -0.25) is 0 Å². The van der Waals surface area contributed by atoms with Crippen molar-refractivity contribution < 1.29 is 17.2 Å². The lowest BCUT2D eigenvalue weighted by atomic mass is 9.99. The molecule has 1 aliphatic heterocycles. The van der Waals surface area contributed by atoms with Crippen LogP contribution in [0.25, 0.3) is 0 Å². The van der Waals surface area contributed by atoms with E-state index >= 15 is 0 Å². The second kappa shape index (κ2) is 6.08. The summed E-state index contributed by atoms with van der Waals surface area (Å²) in [6, 6.07) is 6.25. The van der Waals surface area contributed by atoms with E-state index in [0.29, 0.717) is 6.04 Å². The molecular weight excluding hydrogens is 284 g/mol. The average Bonchev–Trinajstić information content (AvgIpc) is 2.47. The Kier molecular flexibility index (Phi) is 4.62. The molecule has 1 atom stereocenters. The Hall–Kier alpha value is -1.17. The van der Waals surface area contributed by atoms with E-state index < -0.39 is 15.6 Å². The fraction of sp³-hybridized carbons (Fsp3) is 0.571. The standard InChI is InChI=1S/C14H19F2NO2S/c1-2-11-5-3-4-10-17(11)12-6-8-13(9-7-12)20(18,19)14(15)16/h6-9,11,14H,2-5,10H2,1H3. The van der Waals surface area contributed by atoms with Crippen molar-refractivity contribution in [1.29, 1.82) is 0 Å². The third kappa shape index (κ3) is 2.95. The molecule has 0 aromatic heterocycles. The number of halogens is 2. The van der Waals surface area contributed by atoms with Gasteiger partial charge in [-0.15, -0.1) is 0 Å². The summed E-state index contributed by atoms with van der Waals surface area (Å²) >= 11 is 0. The molecule has 3 nitrogen and oxygen atoms in total. The van der Waals surface area contributed by atoms with Crippen LogP contribution in [0.2, 0.25) is 0 Å². The van der Waals surface area contributed by atoms with Crippen LogP contribution in [-0.4, -0.2) is 26.8 Å². The number of alkyl halides is 2. The Labute approximate surface area is 118 Å². The summed E-state index contributed by atoms with van der Waals surface area (Å²) in [6.45, 7) is 3.05. The van der Waals surface area contributed by atoms with Gasteiger partial charge < -0.3 is 4.90 Å². The number of piperidine rings is 1. The lowest BCUT2D eigenvalue weighted by Gasteiger charge is -2.37. The van der Waals surface area contributed by atoms with Gasteiger partial charge in [0.05, 0.1) is 4.90 Å². The number of benzene rings is 1. The third-order valence-electron chi connectivity index (χ3n) is 3.83. The minimum absolute atomic E-state index is 0.318. The van der Waals surface area contributed by atoms with E-state index in [9.17, 15) is 17.2 Å². The molecule has 1 unspecified atom stereocenters. The number of hydrogen-bond acceptors (Lipinski definition) is 3. The van der Waals surface area contributed by atoms with Gasteiger partial charge in [0.25, 0.3) is 0 Å². The summed E-state index contributed by atoms with van der Waals surface area (Å²) in [5, 5.41) is 0. The highest BCUT2D eigenvalue weighted by Gasteiger charge is 2.27. The van der Waals surface area contributed by atoms with Crippen LogP contribution < -0.4 is 4.90 Å².